The van der Waals surface area contributed by atoms with Crippen molar-refractivity contribution in [3.8, 4) is 5.75 Å². The quantitative estimate of drug-likeness (QED) is 0.718. The molecule has 1 N–H and O–H groups in total. The Morgan fingerprint density at radius 2 is 1.83 bits per heavy atom. The zero-order valence-corrected chi connectivity index (χ0v) is 18.1. The van der Waals surface area contributed by atoms with Crippen molar-refractivity contribution >= 4 is 27.5 Å². The molecule has 0 radical (unpaired) electrons. The van der Waals surface area contributed by atoms with E-state index in [1.54, 1.807) is 31.2 Å². The minimum Gasteiger partial charge on any atom is -0.484 e. The van der Waals surface area contributed by atoms with Gasteiger partial charge in [0.05, 0.1) is 10.9 Å². The first-order valence-corrected chi connectivity index (χ1v) is 11.4. The Bertz CT molecular complexity index is 971. The fourth-order valence-electron chi connectivity index (χ4n) is 3.28. The predicted molar refractivity (Wildman–Crippen MR) is 113 cm³/mol. The molecule has 1 fully saturated rings. The second kappa shape index (κ2) is 9.15. The maximum Gasteiger partial charge on any atom is 0.258 e. The van der Waals surface area contributed by atoms with Crippen LogP contribution in [-0.2, 0) is 14.8 Å². The normalized spacial score (nSPS) is 15.8. The van der Waals surface area contributed by atoms with Crippen LogP contribution in [0.4, 0.5) is 0 Å². The Hall–Kier alpha value is -2.09. The minimum atomic E-state index is -3.47. The van der Waals surface area contributed by atoms with Gasteiger partial charge in [0.25, 0.3) is 5.91 Å². The van der Waals surface area contributed by atoms with Crippen LogP contribution in [0.3, 0.4) is 0 Å². The maximum absolute atomic E-state index is 12.7. The third kappa shape index (κ3) is 5.29. The van der Waals surface area contributed by atoms with Gasteiger partial charge in [-0.1, -0.05) is 23.7 Å². The summed E-state index contributed by atoms with van der Waals surface area (Å²) in [6.07, 6.45) is 1.78. The lowest BCUT2D eigenvalue weighted by atomic mass is 10.1. The Balaban J connectivity index is 1.59. The van der Waals surface area contributed by atoms with Crippen molar-refractivity contribution in [2.45, 2.75) is 37.6 Å². The summed E-state index contributed by atoms with van der Waals surface area (Å²) >= 11 is 5.88. The number of nitrogens with one attached hydrogen (secondary N) is 1. The molecule has 29 heavy (non-hydrogen) atoms. The van der Waals surface area contributed by atoms with Crippen molar-refractivity contribution < 1.29 is 17.9 Å². The van der Waals surface area contributed by atoms with Crippen LogP contribution in [0, 0.1) is 6.92 Å². The molecule has 3 rings (SSSR count). The molecule has 1 atom stereocenters. The van der Waals surface area contributed by atoms with Gasteiger partial charge in [0, 0.05) is 18.1 Å². The summed E-state index contributed by atoms with van der Waals surface area (Å²) in [4.78, 5) is 12.5. The number of halogens is 1. The summed E-state index contributed by atoms with van der Waals surface area (Å²) < 4.78 is 32.4. The average Bonchev–Trinajstić information content (AvgIpc) is 3.23. The summed E-state index contributed by atoms with van der Waals surface area (Å²) in [6, 6.07) is 11.8. The molecule has 1 amide bonds. The first-order chi connectivity index (χ1) is 13.8. The second-order valence-electron chi connectivity index (χ2n) is 7.17. The van der Waals surface area contributed by atoms with Crippen LogP contribution >= 0.6 is 11.6 Å². The van der Waals surface area contributed by atoms with Crippen molar-refractivity contribution in [1.82, 2.24) is 9.62 Å². The number of aryl methyl sites for hydroxylation is 1. The summed E-state index contributed by atoms with van der Waals surface area (Å²) in [6.45, 7) is 4.62. The van der Waals surface area contributed by atoms with E-state index in [0.29, 0.717) is 29.4 Å². The SMILES string of the molecule is Cc1cc(S(=O)(=O)N2CCCC2)ccc1OCC(=O)N[C@H](C)c1ccc(Cl)cc1. The van der Waals surface area contributed by atoms with E-state index >= 15 is 0 Å². The number of ether oxygens (including phenoxy) is 1. The van der Waals surface area contributed by atoms with E-state index in [9.17, 15) is 13.2 Å². The van der Waals surface area contributed by atoms with Crippen LogP contribution in [0.1, 0.15) is 36.9 Å². The molecule has 0 aromatic heterocycles. The molecule has 1 heterocycles. The number of amides is 1. The molecule has 1 aliphatic heterocycles. The molecule has 6 nitrogen and oxygen atoms in total. The number of nitrogens with zero attached hydrogens (tertiary/aromatic N) is 1. The van der Waals surface area contributed by atoms with Gasteiger partial charge in [-0.05, 0) is 68.1 Å². The van der Waals surface area contributed by atoms with Gasteiger partial charge in [0.1, 0.15) is 5.75 Å². The van der Waals surface area contributed by atoms with Crippen LogP contribution in [0.5, 0.6) is 5.75 Å². The van der Waals surface area contributed by atoms with Gasteiger partial charge in [-0.25, -0.2) is 8.42 Å². The second-order valence-corrected chi connectivity index (χ2v) is 9.54. The average molecular weight is 437 g/mol. The summed E-state index contributed by atoms with van der Waals surface area (Å²) in [7, 11) is -3.47. The van der Waals surface area contributed by atoms with Crippen molar-refractivity contribution in [2.75, 3.05) is 19.7 Å². The van der Waals surface area contributed by atoms with Gasteiger partial charge in [0.15, 0.2) is 6.61 Å². The maximum atomic E-state index is 12.7. The van der Waals surface area contributed by atoms with Crippen molar-refractivity contribution in [3.05, 3.63) is 58.6 Å². The largest absolute Gasteiger partial charge is 0.484 e. The highest BCUT2D eigenvalue weighted by atomic mass is 35.5. The molecule has 0 spiro atoms. The summed E-state index contributed by atoms with van der Waals surface area (Å²) in [5.41, 5.74) is 1.61. The highest BCUT2D eigenvalue weighted by molar-refractivity contribution is 7.89. The summed E-state index contributed by atoms with van der Waals surface area (Å²) in [5, 5.41) is 3.51. The van der Waals surface area contributed by atoms with Crippen molar-refractivity contribution in [1.29, 1.82) is 0 Å². The Kier molecular flexibility index (Phi) is 6.82. The first kappa shape index (κ1) is 21.6. The van der Waals surface area contributed by atoms with E-state index in [1.165, 1.54) is 10.4 Å². The van der Waals surface area contributed by atoms with E-state index in [0.717, 1.165) is 18.4 Å². The third-order valence-corrected chi connectivity index (χ3v) is 7.10. The number of carbonyl (C=O) groups is 1. The zero-order chi connectivity index (χ0) is 21.0. The fourth-order valence-corrected chi connectivity index (χ4v) is 5.01. The number of sulfonamides is 1. The van der Waals surface area contributed by atoms with E-state index < -0.39 is 10.0 Å². The van der Waals surface area contributed by atoms with E-state index in [2.05, 4.69) is 5.32 Å². The molecule has 1 aliphatic rings. The van der Waals surface area contributed by atoms with Crippen molar-refractivity contribution in [3.63, 3.8) is 0 Å². The monoisotopic (exact) mass is 436 g/mol. The standard InChI is InChI=1S/C21H25ClN2O4S/c1-15-13-19(29(26,27)24-11-3-4-12-24)9-10-20(15)28-14-21(25)23-16(2)17-5-7-18(22)8-6-17/h5-10,13,16H,3-4,11-12,14H2,1-2H3,(H,23,25)/t16-/m1/s1. The highest BCUT2D eigenvalue weighted by Crippen LogP contribution is 2.26. The molecule has 0 saturated carbocycles. The Morgan fingerprint density at radius 1 is 1.17 bits per heavy atom. The van der Waals surface area contributed by atoms with Crippen LogP contribution in [0.2, 0.25) is 5.02 Å². The third-order valence-electron chi connectivity index (χ3n) is 4.96. The van der Waals surface area contributed by atoms with Crippen LogP contribution in [-0.4, -0.2) is 38.3 Å². The van der Waals surface area contributed by atoms with Gasteiger partial charge in [0.2, 0.25) is 10.0 Å². The Labute approximate surface area is 176 Å². The molecule has 2 aromatic carbocycles. The molecule has 156 valence electrons. The van der Waals surface area contributed by atoms with E-state index in [-0.39, 0.29) is 23.5 Å². The highest BCUT2D eigenvalue weighted by Gasteiger charge is 2.27. The molecule has 8 heteroatoms. The molecule has 0 aliphatic carbocycles. The summed E-state index contributed by atoms with van der Waals surface area (Å²) in [5.74, 6) is 0.222. The van der Waals surface area contributed by atoms with E-state index in [4.69, 9.17) is 16.3 Å². The predicted octanol–water partition coefficient (Wildman–Crippen LogP) is 3.69. The fraction of sp³-hybridized carbons (Fsp3) is 0.381. The zero-order valence-electron chi connectivity index (χ0n) is 16.5. The van der Waals surface area contributed by atoms with Crippen LogP contribution < -0.4 is 10.1 Å². The number of hydrogen-bond donors (Lipinski definition) is 1. The van der Waals surface area contributed by atoms with Gasteiger partial charge in [-0.2, -0.15) is 4.31 Å². The first-order valence-electron chi connectivity index (χ1n) is 9.56. The molecular weight excluding hydrogens is 412 g/mol. The number of hydrogen-bond acceptors (Lipinski definition) is 4. The van der Waals surface area contributed by atoms with E-state index in [1.807, 2.05) is 19.1 Å². The number of carbonyl (C=O) groups excluding carboxylic acids is 1. The lowest BCUT2D eigenvalue weighted by Gasteiger charge is -2.17. The van der Waals surface area contributed by atoms with Crippen molar-refractivity contribution in [2.24, 2.45) is 0 Å². The van der Waals surface area contributed by atoms with Gasteiger partial charge >= 0.3 is 0 Å². The van der Waals surface area contributed by atoms with Crippen LogP contribution in [0.25, 0.3) is 0 Å². The lowest BCUT2D eigenvalue weighted by molar-refractivity contribution is -0.123. The smallest absolute Gasteiger partial charge is 0.258 e. The topological polar surface area (TPSA) is 75.7 Å². The van der Waals surface area contributed by atoms with Gasteiger partial charge in [-0.3, -0.25) is 4.79 Å². The molecule has 2 aromatic rings. The molecule has 0 bridgehead atoms. The lowest BCUT2D eigenvalue weighted by Crippen LogP contribution is -2.31. The number of rotatable bonds is 7. The molecule has 0 unspecified atom stereocenters. The van der Waals surface area contributed by atoms with Crippen LogP contribution in [0.15, 0.2) is 47.4 Å². The Morgan fingerprint density at radius 3 is 2.45 bits per heavy atom. The van der Waals surface area contributed by atoms with Gasteiger partial charge in [-0.15, -0.1) is 0 Å². The minimum absolute atomic E-state index is 0.156. The molecule has 1 saturated heterocycles. The molecular formula is C21H25ClN2O4S. The van der Waals surface area contributed by atoms with Gasteiger partial charge < -0.3 is 10.1 Å². The number of benzene rings is 2.